The Morgan fingerprint density at radius 2 is 2.00 bits per heavy atom. The normalized spacial score (nSPS) is 12.5. The standard InChI is InChI=1S/C14H12BrClFN/c1-8-3-2-4-10(13(8)16)14(18)9-5-6-12(17)11(15)7-9/h2-7,14H,18H2,1H3. The zero-order valence-electron chi connectivity index (χ0n) is 9.75. The Hall–Kier alpha value is -0.900. The number of nitrogens with two attached hydrogens (primary N) is 1. The van der Waals surface area contributed by atoms with E-state index in [0.29, 0.717) is 9.50 Å². The van der Waals surface area contributed by atoms with Crippen molar-refractivity contribution in [3.63, 3.8) is 0 Å². The van der Waals surface area contributed by atoms with E-state index in [-0.39, 0.29) is 11.9 Å². The van der Waals surface area contributed by atoms with Gasteiger partial charge in [0.25, 0.3) is 0 Å². The molecule has 18 heavy (non-hydrogen) atoms. The summed E-state index contributed by atoms with van der Waals surface area (Å²) < 4.78 is 13.6. The first kappa shape index (κ1) is 13.5. The van der Waals surface area contributed by atoms with E-state index in [0.717, 1.165) is 16.7 Å². The van der Waals surface area contributed by atoms with E-state index in [1.807, 2.05) is 25.1 Å². The van der Waals surface area contributed by atoms with Gasteiger partial charge in [0.2, 0.25) is 0 Å². The fourth-order valence-electron chi connectivity index (χ4n) is 1.80. The monoisotopic (exact) mass is 327 g/mol. The molecule has 0 aromatic heterocycles. The molecule has 0 aliphatic rings. The first-order valence-electron chi connectivity index (χ1n) is 5.46. The molecule has 2 rings (SSSR count). The Labute approximate surface area is 119 Å². The first-order chi connectivity index (χ1) is 8.50. The number of hydrogen-bond acceptors (Lipinski definition) is 1. The number of hydrogen-bond donors (Lipinski definition) is 1. The largest absolute Gasteiger partial charge is 0.320 e. The highest BCUT2D eigenvalue weighted by Crippen LogP contribution is 2.30. The van der Waals surface area contributed by atoms with Gasteiger partial charge in [-0.25, -0.2) is 4.39 Å². The third-order valence-corrected chi connectivity index (χ3v) is 3.98. The predicted octanol–water partition coefficient (Wildman–Crippen LogP) is 4.60. The van der Waals surface area contributed by atoms with Crippen LogP contribution in [-0.2, 0) is 0 Å². The quantitative estimate of drug-likeness (QED) is 0.856. The molecule has 0 spiro atoms. The van der Waals surface area contributed by atoms with Crippen LogP contribution in [-0.4, -0.2) is 0 Å². The molecule has 2 N–H and O–H groups in total. The van der Waals surface area contributed by atoms with Gasteiger partial charge >= 0.3 is 0 Å². The summed E-state index contributed by atoms with van der Waals surface area (Å²) in [5.74, 6) is -0.304. The summed E-state index contributed by atoms with van der Waals surface area (Å²) in [6.45, 7) is 1.93. The number of benzene rings is 2. The van der Waals surface area contributed by atoms with Crippen molar-refractivity contribution in [3.8, 4) is 0 Å². The van der Waals surface area contributed by atoms with E-state index in [2.05, 4.69) is 15.9 Å². The minimum atomic E-state index is -0.366. The lowest BCUT2D eigenvalue weighted by molar-refractivity contribution is 0.619. The van der Waals surface area contributed by atoms with Crippen molar-refractivity contribution < 1.29 is 4.39 Å². The number of rotatable bonds is 2. The van der Waals surface area contributed by atoms with Crippen molar-refractivity contribution in [2.45, 2.75) is 13.0 Å². The maximum atomic E-state index is 13.2. The minimum Gasteiger partial charge on any atom is -0.320 e. The van der Waals surface area contributed by atoms with Gasteiger partial charge in [0.1, 0.15) is 5.82 Å². The van der Waals surface area contributed by atoms with Crippen molar-refractivity contribution in [1.82, 2.24) is 0 Å². The molecule has 1 nitrogen and oxygen atoms in total. The van der Waals surface area contributed by atoms with Crippen molar-refractivity contribution in [3.05, 3.63) is 68.4 Å². The molecule has 1 unspecified atom stereocenters. The SMILES string of the molecule is Cc1cccc(C(N)c2ccc(F)c(Br)c2)c1Cl. The summed E-state index contributed by atoms with van der Waals surface area (Å²) in [5.41, 5.74) is 8.81. The van der Waals surface area contributed by atoms with Crippen LogP contribution >= 0.6 is 27.5 Å². The molecule has 0 saturated heterocycles. The van der Waals surface area contributed by atoms with E-state index < -0.39 is 0 Å². The second kappa shape index (κ2) is 5.39. The molecule has 4 heteroatoms. The summed E-state index contributed by atoms with van der Waals surface area (Å²) in [4.78, 5) is 0. The van der Waals surface area contributed by atoms with Gasteiger partial charge in [-0.05, 0) is 51.7 Å². The predicted molar refractivity (Wildman–Crippen MR) is 76.3 cm³/mol. The van der Waals surface area contributed by atoms with Crippen LogP contribution in [0.5, 0.6) is 0 Å². The summed E-state index contributed by atoms with van der Waals surface area (Å²) in [7, 11) is 0. The molecule has 0 aliphatic carbocycles. The molecule has 94 valence electrons. The zero-order valence-corrected chi connectivity index (χ0v) is 12.1. The molecular weight excluding hydrogens is 317 g/mol. The fraction of sp³-hybridized carbons (Fsp3) is 0.143. The Morgan fingerprint density at radius 1 is 1.28 bits per heavy atom. The lowest BCUT2D eigenvalue weighted by atomic mass is 9.98. The average Bonchev–Trinajstić information content (AvgIpc) is 2.35. The maximum Gasteiger partial charge on any atom is 0.137 e. The van der Waals surface area contributed by atoms with Gasteiger partial charge in [-0.15, -0.1) is 0 Å². The van der Waals surface area contributed by atoms with Crippen LogP contribution in [0.15, 0.2) is 40.9 Å². The van der Waals surface area contributed by atoms with Gasteiger partial charge in [0.15, 0.2) is 0 Å². The molecule has 0 bridgehead atoms. The Bertz CT molecular complexity index is 586. The van der Waals surface area contributed by atoms with Crippen molar-refractivity contribution >= 4 is 27.5 Å². The molecule has 0 fully saturated rings. The fourth-order valence-corrected chi connectivity index (χ4v) is 2.44. The smallest absolute Gasteiger partial charge is 0.137 e. The second-order valence-corrected chi connectivity index (χ2v) is 5.36. The number of halogens is 3. The minimum absolute atomic E-state index is 0.304. The van der Waals surface area contributed by atoms with Crippen molar-refractivity contribution in [2.75, 3.05) is 0 Å². The summed E-state index contributed by atoms with van der Waals surface area (Å²) >= 11 is 9.40. The molecule has 2 aromatic rings. The van der Waals surface area contributed by atoms with Crippen LogP contribution < -0.4 is 5.73 Å². The first-order valence-corrected chi connectivity index (χ1v) is 6.63. The van der Waals surface area contributed by atoms with E-state index in [4.69, 9.17) is 17.3 Å². The molecule has 0 aliphatic heterocycles. The van der Waals surface area contributed by atoms with Gasteiger partial charge in [-0.1, -0.05) is 35.9 Å². The highest BCUT2D eigenvalue weighted by molar-refractivity contribution is 9.10. The summed E-state index contributed by atoms with van der Waals surface area (Å²) in [6.07, 6.45) is 0. The molecule has 0 radical (unpaired) electrons. The highest BCUT2D eigenvalue weighted by Gasteiger charge is 2.14. The number of aryl methyl sites for hydroxylation is 1. The van der Waals surface area contributed by atoms with E-state index in [1.54, 1.807) is 12.1 Å². The molecule has 1 atom stereocenters. The summed E-state index contributed by atoms with van der Waals surface area (Å²) in [5, 5.41) is 0.658. The average molecular weight is 329 g/mol. The van der Waals surface area contributed by atoms with Crippen LogP contribution in [0.1, 0.15) is 22.7 Å². The maximum absolute atomic E-state index is 13.2. The Morgan fingerprint density at radius 3 is 2.67 bits per heavy atom. The Balaban J connectivity index is 2.44. The highest BCUT2D eigenvalue weighted by atomic mass is 79.9. The lowest BCUT2D eigenvalue weighted by Gasteiger charge is -2.16. The van der Waals surface area contributed by atoms with Crippen molar-refractivity contribution in [1.29, 1.82) is 0 Å². The van der Waals surface area contributed by atoms with E-state index >= 15 is 0 Å². The third kappa shape index (κ3) is 2.58. The molecular formula is C14H12BrClFN. The van der Waals surface area contributed by atoms with Gasteiger partial charge in [-0.3, -0.25) is 0 Å². The van der Waals surface area contributed by atoms with Gasteiger partial charge in [0, 0.05) is 5.02 Å². The van der Waals surface area contributed by atoms with Gasteiger partial charge in [0.05, 0.1) is 10.5 Å². The van der Waals surface area contributed by atoms with Crippen LogP contribution in [0.3, 0.4) is 0 Å². The van der Waals surface area contributed by atoms with Gasteiger partial charge in [-0.2, -0.15) is 0 Å². The van der Waals surface area contributed by atoms with Gasteiger partial charge < -0.3 is 5.73 Å². The molecule has 0 saturated carbocycles. The van der Waals surface area contributed by atoms with Crippen LogP contribution in [0.2, 0.25) is 5.02 Å². The second-order valence-electron chi connectivity index (χ2n) is 4.13. The summed E-state index contributed by atoms with van der Waals surface area (Å²) in [6, 6.07) is 10.1. The zero-order chi connectivity index (χ0) is 13.3. The van der Waals surface area contributed by atoms with Crippen LogP contribution in [0.25, 0.3) is 0 Å². The van der Waals surface area contributed by atoms with E-state index in [1.165, 1.54) is 6.07 Å². The topological polar surface area (TPSA) is 26.0 Å². The molecule has 2 aromatic carbocycles. The third-order valence-electron chi connectivity index (χ3n) is 2.86. The van der Waals surface area contributed by atoms with E-state index in [9.17, 15) is 4.39 Å². The van der Waals surface area contributed by atoms with Crippen LogP contribution in [0.4, 0.5) is 4.39 Å². The Kier molecular flexibility index (Phi) is 4.05. The van der Waals surface area contributed by atoms with Crippen LogP contribution in [0, 0.1) is 12.7 Å². The van der Waals surface area contributed by atoms with Crippen molar-refractivity contribution in [2.24, 2.45) is 5.73 Å². The lowest BCUT2D eigenvalue weighted by Crippen LogP contribution is -2.13. The molecule has 0 amide bonds. The molecule has 0 heterocycles.